The largest absolute Gasteiger partial charge is 0.497 e. The summed E-state index contributed by atoms with van der Waals surface area (Å²) < 4.78 is 7.06. The van der Waals surface area contributed by atoms with E-state index < -0.39 is 0 Å². The molecule has 188 valence electrons. The maximum Gasteiger partial charge on any atom is 0.262 e. The molecule has 0 saturated carbocycles. The van der Waals surface area contributed by atoms with E-state index in [0.29, 0.717) is 23.7 Å². The fourth-order valence-corrected chi connectivity index (χ4v) is 5.99. The maximum atomic E-state index is 13.0. The number of anilines is 1. The van der Waals surface area contributed by atoms with E-state index in [2.05, 4.69) is 47.1 Å². The highest BCUT2D eigenvalue weighted by Crippen LogP contribution is 2.24. The molecule has 8 heteroatoms. The van der Waals surface area contributed by atoms with E-state index in [1.165, 1.54) is 5.39 Å². The number of pyridine rings is 1. The van der Waals surface area contributed by atoms with Crippen LogP contribution in [0.1, 0.15) is 20.3 Å². The quantitative estimate of drug-likeness (QED) is 0.256. The highest BCUT2D eigenvalue weighted by molar-refractivity contribution is 7.99. The number of thioether (sulfide) groups is 1. The lowest BCUT2D eigenvalue weighted by atomic mass is 10.2. The Morgan fingerprint density at radius 2 is 1.81 bits per heavy atom. The zero-order chi connectivity index (χ0) is 25.1. The van der Waals surface area contributed by atoms with Crippen LogP contribution < -0.4 is 15.2 Å². The van der Waals surface area contributed by atoms with Gasteiger partial charge in [-0.05, 0) is 56.7 Å². The van der Waals surface area contributed by atoms with Gasteiger partial charge in [-0.1, -0.05) is 30.0 Å². The van der Waals surface area contributed by atoms with Crippen molar-refractivity contribution in [1.82, 2.24) is 19.4 Å². The van der Waals surface area contributed by atoms with E-state index in [4.69, 9.17) is 14.7 Å². The minimum Gasteiger partial charge on any atom is -0.497 e. The number of nitrogens with zero attached hydrogens (tertiary/aromatic N) is 5. The number of rotatable bonds is 8. The van der Waals surface area contributed by atoms with Crippen LogP contribution in [0, 0.1) is 0 Å². The van der Waals surface area contributed by atoms with Crippen LogP contribution in [0.15, 0.2) is 64.5 Å². The van der Waals surface area contributed by atoms with Gasteiger partial charge in [0.15, 0.2) is 5.16 Å². The summed E-state index contributed by atoms with van der Waals surface area (Å²) in [6, 6.07) is 18.5. The van der Waals surface area contributed by atoms with Gasteiger partial charge in [-0.2, -0.15) is 0 Å². The van der Waals surface area contributed by atoms with Gasteiger partial charge >= 0.3 is 0 Å². The number of benzene rings is 2. The number of para-hydroxylation sites is 1. The first-order valence-corrected chi connectivity index (χ1v) is 13.6. The number of fused-ring (bicyclic) bond motifs is 2. The van der Waals surface area contributed by atoms with Gasteiger partial charge in [-0.25, -0.2) is 9.97 Å². The van der Waals surface area contributed by atoms with Gasteiger partial charge in [0.25, 0.3) is 5.56 Å². The monoisotopic (exact) mass is 503 g/mol. The molecule has 0 aliphatic carbocycles. The molecule has 5 rings (SSSR count). The Balaban J connectivity index is 1.18. The first-order valence-electron chi connectivity index (χ1n) is 12.6. The Hall–Kier alpha value is -3.10. The fourth-order valence-electron chi connectivity index (χ4n) is 4.82. The standard InChI is InChI=1S/C28H33N5O2S/c1-4-33-27(34)23-19-22(35-3)10-11-25(23)30-28(33)36-18-13-20(2)31-14-16-32(17-15-31)26-12-9-21-7-5-6-8-24(21)29-26/h5-12,19-20H,4,13-18H2,1-3H3. The van der Waals surface area contributed by atoms with Gasteiger partial charge in [0.2, 0.25) is 0 Å². The zero-order valence-corrected chi connectivity index (χ0v) is 22.0. The third-order valence-corrected chi connectivity index (χ3v) is 8.06. The predicted octanol–water partition coefficient (Wildman–Crippen LogP) is 4.67. The summed E-state index contributed by atoms with van der Waals surface area (Å²) in [6.07, 6.45) is 1.04. The van der Waals surface area contributed by atoms with Crippen LogP contribution in [0.4, 0.5) is 5.82 Å². The average molecular weight is 504 g/mol. The summed E-state index contributed by atoms with van der Waals surface area (Å²) in [5.74, 6) is 2.66. The summed E-state index contributed by atoms with van der Waals surface area (Å²) in [7, 11) is 1.61. The van der Waals surface area contributed by atoms with Crippen LogP contribution in [0.5, 0.6) is 5.75 Å². The molecule has 0 amide bonds. The Morgan fingerprint density at radius 1 is 1.00 bits per heavy atom. The molecule has 36 heavy (non-hydrogen) atoms. The highest BCUT2D eigenvalue weighted by atomic mass is 32.2. The van der Waals surface area contributed by atoms with Gasteiger partial charge in [-0.3, -0.25) is 14.3 Å². The molecule has 2 aromatic carbocycles. The van der Waals surface area contributed by atoms with E-state index in [1.807, 2.05) is 25.1 Å². The van der Waals surface area contributed by atoms with E-state index >= 15 is 0 Å². The number of methoxy groups -OCH3 is 1. The van der Waals surface area contributed by atoms with E-state index in [0.717, 1.165) is 60.4 Å². The van der Waals surface area contributed by atoms with E-state index in [9.17, 15) is 4.79 Å². The third kappa shape index (κ3) is 5.06. The molecule has 1 aliphatic heterocycles. The van der Waals surface area contributed by atoms with Gasteiger partial charge in [-0.15, -0.1) is 0 Å². The Kier molecular flexibility index (Phi) is 7.43. The highest BCUT2D eigenvalue weighted by Gasteiger charge is 2.22. The molecule has 1 fully saturated rings. The van der Waals surface area contributed by atoms with Crippen molar-refractivity contribution in [3.63, 3.8) is 0 Å². The molecule has 1 unspecified atom stereocenters. The minimum atomic E-state index is -0.00429. The number of ether oxygens (including phenoxy) is 1. The summed E-state index contributed by atoms with van der Waals surface area (Å²) in [6.45, 7) is 8.90. The lowest BCUT2D eigenvalue weighted by molar-refractivity contribution is 0.193. The van der Waals surface area contributed by atoms with E-state index in [-0.39, 0.29) is 5.56 Å². The van der Waals surface area contributed by atoms with Crippen molar-refractivity contribution in [2.75, 3.05) is 43.9 Å². The summed E-state index contributed by atoms with van der Waals surface area (Å²) >= 11 is 1.67. The summed E-state index contributed by atoms with van der Waals surface area (Å²) in [5.41, 5.74) is 1.77. The second kappa shape index (κ2) is 10.9. The van der Waals surface area contributed by atoms with Crippen LogP contribution in [-0.4, -0.2) is 64.5 Å². The topological polar surface area (TPSA) is 63.5 Å². The van der Waals surface area contributed by atoms with Gasteiger partial charge < -0.3 is 9.64 Å². The van der Waals surface area contributed by atoms with Crippen molar-refractivity contribution in [3.05, 3.63) is 65.0 Å². The first kappa shape index (κ1) is 24.6. The maximum absolute atomic E-state index is 13.0. The van der Waals surface area contributed by atoms with Crippen LogP contribution in [0.2, 0.25) is 0 Å². The number of hydrogen-bond donors (Lipinski definition) is 0. The SMILES string of the molecule is CCn1c(SCCC(C)N2CCN(c3ccc4ccccc4n3)CC2)nc2ccc(OC)cc2c1=O. The van der Waals surface area contributed by atoms with Crippen molar-refractivity contribution in [1.29, 1.82) is 0 Å². The molecule has 3 heterocycles. The van der Waals surface area contributed by atoms with Crippen molar-refractivity contribution < 1.29 is 4.74 Å². The van der Waals surface area contributed by atoms with Crippen molar-refractivity contribution in [2.45, 2.75) is 38.0 Å². The van der Waals surface area contributed by atoms with Crippen LogP contribution in [0.3, 0.4) is 0 Å². The zero-order valence-electron chi connectivity index (χ0n) is 21.2. The normalized spacial score (nSPS) is 15.5. The van der Waals surface area contributed by atoms with Crippen molar-refractivity contribution >= 4 is 39.4 Å². The molecule has 1 atom stereocenters. The molecule has 0 spiro atoms. The molecule has 4 aromatic rings. The summed E-state index contributed by atoms with van der Waals surface area (Å²) in [5, 5.41) is 2.58. The van der Waals surface area contributed by atoms with Crippen molar-refractivity contribution in [2.24, 2.45) is 0 Å². The second-order valence-corrected chi connectivity index (χ2v) is 10.3. The molecule has 1 saturated heterocycles. The lowest BCUT2D eigenvalue weighted by Crippen LogP contribution is -2.50. The molecular formula is C28H33N5O2S. The Bertz CT molecular complexity index is 1410. The van der Waals surface area contributed by atoms with Crippen molar-refractivity contribution in [3.8, 4) is 5.75 Å². The molecule has 0 N–H and O–H groups in total. The molecule has 2 aromatic heterocycles. The van der Waals surface area contributed by atoms with Crippen LogP contribution >= 0.6 is 11.8 Å². The summed E-state index contributed by atoms with van der Waals surface area (Å²) in [4.78, 5) is 27.7. The molecule has 7 nitrogen and oxygen atoms in total. The fraction of sp³-hybridized carbons (Fsp3) is 0.393. The van der Waals surface area contributed by atoms with Crippen LogP contribution in [-0.2, 0) is 6.54 Å². The number of hydrogen-bond acceptors (Lipinski definition) is 7. The second-order valence-electron chi connectivity index (χ2n) is 9.20. The van der Waals surface area contributed by atoms with E-state index in [1.54, 1.807) is 29.5 Å². The predicted molar refractivity (Wildman–Crippen MR) is 149 cm³/mol. The van der Waals surface area contributed by atoms with Gasteiger partial charge in [0.05, 0.1) is 23.5 Å². The Morgan fingerprint density at radius 3 is 2.58 bits per heavy atom. The van der Waals surface area contributed by atoms with Crippen LogP contribution in [0.25, 0.3) is 21.8 Å². The number of piperazine rings is 1. The minimum absolute atomic E-state index is 0.00429. The Labute approximate surface area is 216 Å². The molecule has 0 radical (unpaired) electrons. The molecule has 1 aliphatic rings. The first-order chi connectivity index (χ1) is 17.6. The molecular weight excluding hydrogens is 470 g/mol. The smallest absolute Gasteiger partial charge is 0.262 e. The average Bonchev–Trinajstić information content (AvgIpc) is 2.93. The third-order valence-electron chi connectivity index (χ3n) is 7.05. The molecule has 0 bridgehead atoms. The van der Waals surface area contributed by atoms with Gasteiger partial charge in [0, 0.05) is 49.9 Å². The lowest BCUT2D eigenvalue weighted by Gasteiger charge is -2.38. The number of aromatic nitrogens is 3. The van der Waals surface area contributed by atoms with Gasteiger partial charge in [0.1, 0.15) is 11.6 Å².